The Morgan fingerprint density at radius 2 is 1.88 bits per heavy atom. The summed E-state index contributed by atoms with van der Waals surface area (Å²) in [5.74, 6) is 0.0156. The lowest BCUT2D eigenvalue weighted by molar-refractivity contribution is -0.121. The second-order valence-corrected chi connectivity index (χ2v) is 4.96. The zero-order chi connectivity index (χ0) is 12.3. The Labute approximate surface area is 107 Å². The molecule has 4 heteroatoms. The van der Waals surface area contributed by atoms with E-state index in [1.165, 1.54) is 0 Å². The van der Waals surface area contributed by atoms with Gasteiger partial charge in [0.25, 0.3) is 0 Å². The molecule has 0 bridgehead atoms. The Morgan fingerprint density at radius 1 is 1.29 bits per heavy atom. The van der Waals surface area contributed by atoms with Crippen molar-refractivity contribution in [2.75, 3.05) is 13.1 Å². The van der Waals surface area contributed by atoms with Crippen LogP contribution in [-0.4, -0.2) is 19.0 Å². The average Bonchev–Trinajstić information content (AvgIpc) is 2.30. The van der Waals surface area contributed by atoms with E-state index in [1.54, 1.807) is 6.92 Å². The van der Waals surface area contributed by atoms with Crippen LogP contribution in [0.15, 0.2) is 24.3 Å². The molecule has 17 heavy (non-hydrogen) atoms. The van der Waals surface area contributed by atoms with Crippen molar-refractivity contribution in [1.82, 2.24) is 10.6 Å². The molecule has 1 aromatic rings. The monoisotopic (exact) mass is 252 g/mol. The smallest absolute Gasteiger partial charge is 0.217 e. The molecule has 1 aromatic carbocycles. The van der Waals surface area contributed by atoms with Crippen LogP contribution in [0.5, 0.6) is 0 Å². The minimum Gasteiger partial charge on any atom is -0.347 e. The summed E-state index contributed by atoms with van der Waals surface area (Å²) in [6.45, 7) is 3.41. The Morgan fingerprint density at radius 3 is 2.41 bits per heavy atom. The number of halogens is 1. The third-order valence-electron chi connectivity index (χ3n) is 3.27. The topological polar surface area (TPSA) is 41.1 Å². The van der Waals surface area contributed by atoms with Crippen molar-refractivity contribution in [2.45, 2.75) is 25.3 Å². The van der Waals surface area contributed by atoms with Crippen LogP contribution in [0.25, 0.3) is 0 Å². The Bertz CT molecular complexity index is 396. The maximum atomic E-state index is 11.4. The van der Waals surface area contributed by atoms with Gasteiger partial charge in [0.1, 0.15) is 0 Å². The summed E-state index contributed by atoms with van der Waals surface area (Å²) in [6, 6.07) is 7.76. The number of amides is 1. The third kappa shape index (κ3) is 2.79. The molecule has 1 heterocycles. The molecule has 1 fully saturated rings. The van der Waals surface area contributed by atoms with Crippen LogP contribution in [0.4, 0.5) is 0 Å². The van der Waals surface area contributed by atoms with E-state index in [4.69, 9.17) is 11.6 Å². The van der Waals surface area contributed by atoms with Crippen molar-refractivity contribution in [2.24, 2.45) is 0 Å². The standard InChI is InChI=1S/C13H17ClN2O/c1-10(17)16-13(6-8-15-9-7-13)11-2-4-12(14)5-3-11/h2-5,15H,6-9H2,1H3,(H,16,17). The fraction of sp³-hybridized carbons (Fsp3) is 0.462. The van der Waals surface area contributed by atoms with Crippen LogP contribution < -0.4 is 10.6 Å². The lowest BCUT2D eigenvalue weighted by Gasteiger charge is -2.38. The fourth-order valence-electron chi connectivity index (χ4n) is 2.45. The van der Waals surface area contributed by atoms with Crippen LogP contribution in [0.3, 0.4) is 0 Å². The molecule has 0 atom stereocenters. The normalized spacial score (nSPS) is 18.7. The van der Waals surface area contributed by atoms with Crippen molar-refractivity contribution in [3.8, 4) is 0 Å². The quantitative estimate of drug-likeness (QED) is 0.846. The van der Waals surface area contributed by atoms with Gasteiger partial charge in [-0.25, -0.2) is 0 Å². The largest absolute Gasteiger partial charge is 0.347 e. The van der Waals surface area contributed by atoms with Gasteiger partial charge in [0.2, 0.25) is 5.91 Å². The Hall–Kier alpha value is -1.06. The average molecular weight is 253 g/mol. The molecule has 0 radical (unpaired) electrons. The Kier molecular flexibility index (Phi) is 3.69. The number of nitrogens with one attached hydrogen (secondary N) is 2. The highest BCUT2D eigenvalue weighted by Crippen LogP contribution is 2.31. The Balaban J connectivity index is 2.31. The van der Waals surface area contributed by atoms with Crippen LogP contribution in [-0.2, 0) is 10.3 Å². The molecule has 2 rings (SSSR count). The van der Waals surface area contributed by atoms with Crippen molar-refractivity contribution in [3.63, 3.8) is 0 Å². The number of carbonyl (C=O) groups excluding carboxylic acids is 1. The van der Waals surface area contributed by atoms with Crippen molar-refractivity contribution in [3.05, 3.63) is 34.9 Å². The van der Waals surface area contributed by atoms with Crippen molar-refractivity contribution < 1.29 is 4.79 Å². The van der Waals surface area contributed by atoms with E-state index in [0.717, 1.165) is 36.5 Å². The van der Waals surface area contributed by atoms with Gasteiger partial charge in [0.05, 0.1) is 5.54 Å². The van der Waals surface area contributed by atoms with Gasteiger partial charge in [-0.1, -0.05) is 23.7 Å². The van der Waals surface area contributed by atoms with Gasteiger partial charge < -0.3 is 10.6 Å². The van der Waals surface area contributed by atoms with Crippen LogP contribution in [0.1, 0.15) is 25.3 Å². The van der Waals surface area contributed by atoms with Gasteiger partial charge in [-0.3, -0.25) is 4.79 Å². The lowest BCUT2D eigenvalue weighted by Crippen LogP contribution is -2.51. The van der Waals surface area contributed by atoms with Crippen molar-refractivity contribution in [1.29, 1.82) is 0 Å². The number of carbonyl (C=O) groups is 1. The summed E-state index contributed by atoms with van der Waals surface area (Å²) >= 11 is 5.90. The SMILES string of the molecule is CC(=O)NC1(c2ccc(Cl)cc2)CCNCC1. The van der Waals surface area contributed by atoms with E-state index >= 15 is 0 Å². The summed E-state index contributed by atoms with van der Waals surface area (Å²) in [7, 11) is 0. The summed E-state index contributed by atoms with van der Waals surface area (Å²) in [5, 5.41) is 7.15. The molecule has 2 N–H and O–H groups in total. The van der Waals surface area contributed by atoms with Crippen LogP contribution in [0.2, 0.25) is 5.02 Å². The predicted octanol–water partition coefficient (Wildman–Crippen LogP) is 2.05. The second kappa shape index (κ2) is 5.07. The van der Waals surface area contributed by atoms with Gasteiger partial charge in [-0.05, 0) is 43.6 Å². The first-order chi connectivity index (χ1) is 8.12. The molecule has 3 nitrogen and oxygen atoms in total. The molecule has 1 aliphatic heterocycles. The summed E-state index contributed by atoms with van der Waals surface area (Å²) in [6.07, 6.45) is 1.82. The minimum atomic E-state index is -0.234. The number of benzene rings is 1. The van der Waals surface area contributed by atoms with Gasteiger partial charge in [0.15, 0.2) is 0 Å². The highest BCUT2D eigenvalue weighted by molar-refractivity contribution is 6.30. The highest BCUT2D eigenvalue weighted by atomic mass is 35.5. The highest BCUT2D eigenvalue weighted by Gasteiger charge is 2.34. The van der Waals surface area contributed by atoms with Crippen molar-refractivity contribution >= 4 is 17.5 Å². The van der Waals surface area contributed by atoms with Crippen LogP contribution in [0, 0.1) is 0 Å². The summed E-state index contributed by atoms with van der Waals surface area (Å²) < 4.78 is 0. The first kappa shape index (κ1) is 12.4. The van der Waals surface area contributed by atoms with Gasteiger partial charge in [-0.15, -0.1) is 0 Å². The van der Waals surface area contributed by atoms with E-state index in [0.29, 0.717) is 0 Å². The summed E-state index contributed by atoms with van der Waals surface area (Å²) in [5.41, 5.74) is 0.903. The van der Waals surface area contributed by atoms with E-state index < -0.39 is 0 Å². The molecule has 0 aliphatic carbocycles. The zero-order valence-corrected chi connectivity index (χ0v) is 10.7. The van der Waals surface area contributed by atoms with E-state index in [-0.39, 0.29) is 11.4 Å². The molecule has 0 unspecified atom stereocenters. The number of rotatable bonds is 2. The number of hydrogen-bond acceptors (Lipinski definition) is 2. The molecular weight excluding hydrogens is 236 g/mol. The van der Waals surface area contributed by atoms with E-state index in [2.05, 4.69) is 10.6 Å². The predicted molar refractivity (Wildman–Crippen MR) is 69.1 cm³/mol. The van der Waals surface area contributed by atoms with Gasteiger partial charge in [0, 0.05) is 11.9 Å². The molecular formula is C13H17ClN2O. The molecule has 1 amide bonds. The van der Waals surface area contributed by atoms with E-state index in [9.17, 15) is 4.79 Å². The minimum absolute atomic E-state index is 0.0156. The first-order valence-electron chi connectivity index (χ1n) is 5.88. The zero-order valence-electron chi connectivity index (χ0n) is 9.92. The first-order valence-corrected chi connectivity index (χ1v) is 6.26. The van der Waals surface area contributed by atoms with E-state index in [1.807, 2.05) is 24.3 Å². The van der Waals surface area contributed by atoms with Gasteiger partial charge in [-0.2, -0.15) is 0 Å². The molecule has 1 aliphatic rings. The molecule has 92 valence electrons. The molecule has 0 aromatic heterocycles. The number of hydrogen-bond donors (Lipinski definition) is 2. The maximum absolute atomic E-state index is 11.4. The summed E-state index contributed by atoms with van der Waals surface area (Å²) in [4.78, 5) is 11.4. The molecule has 1 saturated heterocycles. The third-order valence-corrected chi connectivity index (χ3v) is 3.52. The lowest BCUT2D eigenvalue weighted by atomic mass is 9.81. The maximum Gasteiger partial charge on any atom is 0.217 e. The fourth-order valence-corrected chi connectivity index (χ4v) is 2.57. The number of piperidine rings is 1. The molecule has 0 spiro atoms. The van der Waals surface area contributed by atoms with Gasteiger partial charge >= 0.3 is 0 Å². The molecule has 0 saturated carbocycles. The van der Waals surface area contributed by atoms with Crippen LogP contribution >= 0.6 is 11.6 Å². The second-order valence-electron chi connectivity index (χ2n) is 4.52.